The highest BCUT2D eigenvalue weighted by Crippen LogP contribution is 2.20. The van der Waals surface area contributed by atoms with E-state index in [-0.39, 0.29) is 0 Å². The number of nitrogens with zero attached hydrogens (tertiary/aromatic N) is 1. The second-order valence-corrected chi connectivity index (χ2v) is 6.01. The van der Waals surface area contributed by atoms with Gasteiger partial charge in [-0.05, 0) is 6.08 Å². The minimum atomic E-state index is -4.92. The zero-order valence-electron chi connectivity index (χ0n) is 12.0. The molecular weight excluding hydrogens is 294 g/mol. The summed E-state index contributed by atoms with van der Waals surface area (Å²) in [7, 11) is -2.62. The van der Waals surface area contributed by atoms with E-state index >= 15 is 0 Å². The van der Waals surface area contributed by atoms with Crippen molar-refractivity contribution >= 4 is 10.4 Å². The minimum Gasteiger partial charge on any atom is -0.726 e. The molecule has 6 nitrogen and oxygen atoms in total. The lowest BCUT2D eigenvalue weighted by Gasteiger charge is -2.43. The third-order valence-corrected chi connectivity index (χ3v) is 3.49. The van der Waals surface area contributed by atoms with Crippen molar-refractivity contribution in [2.24, 2.45) is 0 Å². The Morgan fingerprint density at radius 1 is 1.48 bits per heavy atom. The maximum Gasteiger partial charge on any atom is 0.215 e. The van der Waals surface area contributed by atoms with Gasteiger partial charge in [-0.1, -0.05) is 36.9 Å². The van der Waals surface area contributed by atoms with Gasteiger partial charge in [0.1, 0.15) is 25.7 Å². The highest BCUT2D eigenvalue weighted by Gasteiger charge is 2.33. The predicted octanol–water partition coefficient (Wildman–Crippen LogP) is 1.22. The summed E-state index contributed by atoms with van der Waals surface area (Å²) in [5, 5.41) is 0. The number of rotatable bonds is 3. The molecule has 0 aliphatic carbocycles. The molecule has 0 radical (unpaired) electrons. The van der Waals surface area contributed by atoms with Crippen molar-refractivity contribution in [2.45, 2.75) is 12.6 Å². The van der Waals surface area contributed by atoms with Gasteiger partial charge in [-0.2, -0.15) is 0 Å². The molecule has 2 atom stereocenters. The quantitative estimate of drug-likeness (QED) is 0.392. The van der Waals surface area contributed by atoms with Gasteiger partial charge in [-0.3, -0.25) is 4.55 Å². The fourth-order valence-corrected chi connectivity index (χ4v) is 2.34. The summed E-state index contributed by atoms with van der Waals surface area (Å²) < 4.78 is 39.4. The molecule has 1 aliphatic rings. The first-order valence-corrected chi connectivity index (χ1v) is 7.88. The fraction of sp³-hybridized carbons (Fsp3) is 0.429. The predicted molar refractivity (Wildman–Crippen MR) is 78.3 cm³/mol. The van der Waals surface area contributed by atoms with E-state index in [9.17, 15) is 0 Å². The van der Waals surface area contributed by atoms with Gasteiger partial charge in [-0.15, -0.1) is 0 Å². The number of ether oxygens (including phenoxy) is 1. The Bertz CT molecular complexity index is 538. The Morgan fingerprint density at radius 3 is 2.57 bits per heavy atom. The van der Waals surface area contributed by atoms with E-state index in [4.69, 9.17) is 22.3 Å². The first-order valence-electron chi connectivity index (χ1n) is 6.51. The summed E-state index contributed by atoms with van der Waals surface area (Å²) in [5.41, 5.74) is 1.39. The number of benzene rings is 1. The van der Waals surface area contributed by atoms with Crippen LogP contribution in [-0.2, 0) is 21.7 Å². The van der Waals surface area contributed by atoms with Crippen LogP contribution in [0.2, 0.25) is 0 Å². The molecule has 2 rings (SSSR count). The lowest BCUT2D eigenvalue weighted by molar-refractivity contribution is -0.947. The molecule has 21 heavy (non-hydrogen) atoms. The molecule has 1 N–H and O–H groups in total. The van der Waals surface area contributed by atoms with Crippen molar-refractivity contribution < 1.29 is 26.7 Å². The van der Waals surface area contributed by atoms with Gasteiger partial charge in [0.05, 0.1) is 13.7 Å². The van der Waals surface area contributed by atoms with Crippen LogP contribution < -0.4 is 0 Å². The van der Waals surface area contributed by atoms with Gasteiger partial charge in [0.15, 0.2) is 0 Å². The van der Waals surface area contributed by atoms with E-state index in [1.807, 2.05) is 6.08 Å². The Labute approximate surface area is 125 Å². The van der Waals surface area contributed by atoms with Crippen LogP contribution >= 0.6 is 0 Å². The summed E-state index contributed by atoms with van der Waals surface area (Å²) in [5.74, 6) is 0. The van der Waals surface area contributed by atoms with E-state index in [2.05, 4.69) is 44.0 Å². The van der Waals surface area contributed by atoms with Crippen molar-refractivity contribution in [1.82, 2.24) is 0 Å². The van der Waals surface area contributed by atoms with E-state index < -0.39 is 10.4 Å². The van der Waals surface area contributed by atoms with Crippen LogP contribution in [0.25, 0.3) is 0 Å². The molecule has 0 saturated carbocycles. The summed E-state index contributed by atoms with van der Waals surface area (Å²) in [4.78, 5) is 0. The Balaban J connectivity index is 0.000000383. The van der Waals surface area contributed by atoms with Crippen LogP contribution in [-0.4, -0.2) is 54.9 Å². The number of likely N-dealkylation sites (N-methyl/N-ethyl adjacent to an activating group) is 1. The maximum atomic E-state index is 8.63. The number of morpholine rings is 1. The molecule has 1 fully saturated rings. The first kappa shape index (κ1) is 17.8. The first-order chi connectivity index (χ1) is 9.74. The summed E-state index contributed by atoms with van der Waals surface area (Å²) >= 11 is 0. The topological polar surface area (TPSA) is 86.7 Å². The van der Waals surface area contributed by atoms with Gasteiger partial charge >= 0.3 is 0 Å². The molecule has 0 spiro atoms. The van der Waals surface area contributed by atoms with Crippen LogP contribution in [0.1, 0.15) is 5.56 Å². The molecule has 1 aliphatic heterocycles. The van der Waals surface area contributed by atoms with Crippen LogP contribution in [0.3, 0.4) is 0 Å². The van der Waals surface area contributed by atoms with Crippen LogP contribution in [0.4, 0.5) is 0 Å². The van der Waals surface area contributed by atoms with Crippen molar-refractivity contribution in [2.75, 3.05) is 26.8 Å². The SMILES string of the molecule is C=CC1COCC[N+]1(C)Cc1ccccc1.O=S(=O)([O-])O. The molecule has 118 valence electrons. The number of quaternary nitrogens is 1. The minimum absolute atomic E-state index is 0.411. The molecule has 2 unspecified atom stereocenters. The Morgan fingerprint density at radius 2 is 2.05 bits per heavy atom. The molecular formula is C14H21NO5S. The Kier molecular flexibility index (Phi) is 6.50. The largest absolute Gasteiger partial charge is 0.726 e. The zero-order chi connectivity index (χ0) is 15.9. The lowest BCUT2D eigenvalue weighted by atomic mass is 10.1. The highest BCUT2D eigenvalue weighted by molar-refractivity contribution is 7.79. The van der Waals surface area contributed by atoms with Crippen molar-refractivity contribution in [3.63, 3.8) is 0 Å². The highest BCUT2D eigenvalue weighted by atomic mass is 32.3. The average Bonchev–Trinajstić information content (AvgIpc) is 2.38. The van der Waals surface area contributed by atoms with E-state index in [1.165, 1.54) is 5.56 Å². The van der Waals surface area contributed by atoms with Gasteiger partial charge in [0.25, 0.3) is 0 Å². The second kappa shape index (κ2) is 7.67. The molecule has 7 heteroatoms. The van der Waals surface area contributed by atoms with E-state index in [1.54, 1.807) is 0 Å². The van der Waals surface area contributed by atoms with Crippen LogP contribution in [0.5, 0.6) is 0 Å². The molecule has 1 saturated heterocycles. The molecule has 0 bridgehead atoms. The van der Waals surface area contributed by atoms with Gasteiger partial charge in [0, 0.05) is 5.56 Å². The third-order valence-electron chi connectivity index (χ3n) is 3.49. The zero-order valence-corrected chi connectivity index (χ0v) is 12.8. The molecule has 0 amide bonds. The van der Waals surface area contributed by atoms with E-state index in [0.717, 1.165) is 30.8 Å². The second-order valence-electron chi connectivity index (χ2n) is 5.15. The lowest BCUT2D eigenvalue weighted by Crippen LogP contribution is -2.57. The monoisotopic (exact) mass is 315 g/mol. The van der Waals surface area contributed by atoms with Gasteiger partial charge < -0.3 is 13.8 Å². The van der Waals surface area contributed by atoms with E-state index in [0.29, 0.717) is 6.04 Å². The molecule has 1 aromatic carbocycles. The van der Waals surface area contributed by atoms with Crippen molar-refractivity contribution in [1.29, 1.82) is 0 Å². The Hall–Kier alpha value is -1.25. The third kappa shape index (κ3) is 6.83. The molecule has 0 aromatic heterocycles. The van der Waals surface area contributed by atoms with Crippen LogP contribution in [0, 0.1) is 0 Å². The van der Waals surface area contributed by atoms with Gasteiger partial charge in [0.2, 0.25) is 10.4 Å². The standard InChI is InChI=1S/C14H20NO.H2O4S/c1-3-14-12-16-10-9-15(14,2)11-13-7-5-4-6-8-13;1-5(2,3)4/h3-8,14H,1,9-12H2,2H3;(H2,1,2,3,4)/q+1;/p-1. The van der Waals surface area contributed by atoms with Crippen molar-refractivity contribution in [3.05, 3.63) is 48.6 Å². The fourth-order valence-electron chi connectivity index (χ4n) is 2.34. The number of hydrogen-bond donors (Lipinski definition) is 1. The summed E-state index contributed by atoms with van der Waals surface area (Å²) in [6, 6.07) is 11.1. The van der Waals surface area contributed by atoms with Crippen molar-refractivity contribution in [3.8, 4) is 0 Å². The summed E-state index contributed by atoms with van der Waals surface area (Å²) in [6.45, 7) is 7.70. The average molecular weight is 315 g/mol. The molecule has 1 aromatic rings. The number of hydrogen-bond acceptors (Lipinski definition) is 4. The van der Waals surface area contributed by atoms with Crippen LogP contribution in [0.15, 0.2) is 43.0 Å². The molecule has 1 heterocycles. The van der Waals surface area contributed by atoms with Gasteiger partial charge in [-0.25, -0.2) is 8.42 Å². The smallest absolute Gasteiger partial charge is 0.215 e. The maximum absolute atomic E-state index is 8.63. The summed E-state index contributed by atoms with van der Waals surface area (Å²) in [6.07, 6.45) is 2.03. The normalized spacial score (nSPS) is 25.6.